The fourth-order valence-corrected chi connectivity index (χ4v) is 3.81. The lowest BCUT2D eigenvalue weighted by atomic mass is 10.1. The average Bonchev–Trinajstić information content (AvgIpc) is 2.80. The monoisotopic (exact) mass is 349 g/mol. The van der Waals surface area contributed by atoms with E-state index in [2.05, 4.69) is 33.9 Å². The summed E-state index contributed by atoms with van der Waals surface area (Å²) in [6, 6.07) is 9.91. The minimum Gasteiger partial charge on any atom is -0.416 e. The molecule has 5 heteroatoms. The van der Waals surface area contributed by atoms with E-state index >= 15 is 0 Å². The van der Waals surface area contributed by atoms with E-state index in [4.69, 9.17) is 4.43 Å². The fourth-order valence-electron chi connectivity index (χ4n) is 2.75. The highest BCUT2D eigenvalue weighted by atomic mass is 28.4. The second-order valence-electron chi connectivity index (χ2n) is 8.35. The Morgan fingerprint density at radius 2 is 1.88 bits per heavy atom. The van der Waals surface area contributed by atoms with Crippen LogP contribution in [-0.4, -0.2) is 43.5 Å². The van der Waals surface area contributed by atoms with Crippen LogP contribution in [0, 0.1) is 5.92 Å². The van der Waals surface area contributed by atoms with Crippen LogP contribution >= 0.6 is 0 Å². The van der Waals surface area contributed by atoms with Crippen molar-refractivity contribution in [3.63, 3.8) is 0 Å². The normalized spacial score (nSPS) is 23.6. The number of amides is 1. The Morgan fingerprint density at radius 3 is 2.42 bits per heavy atom. The molecule has 4 nitrogen and oxygen atoms in total. The van der Waals surface area contributed by atoms with Gasteiger partial charge in [-0.1, -0.05) is 51.1 Å². The number of benzene rings is 1. The van der Waals surface area contributed by atoms with E-state index in [0.717, 1.165) is 5.56 Å². The van der Waals surface area contributed by atoms with Crippen molar-refractivity contribution in [3.05, 3.63) is 35.9 Å². The Kier molecular flexibility index (Phi) is 5.57. The van der Waals surface area contributed by atoms with Crippen LogP contribution in [0.3, 0.4) is 0 Å². The highest BCUT2D eigenvalue weighted by molar-refractivity contribution is 6.74. The largest absolute Gasteiger partial charge is 0.416 e. The summed E-state index contributed by atoms with van der Waals surface area (Å²) in [5, 5.41) is 10.5. The molecule has 1 aromatic rings. The molecule has 0 saturated carbocycles. The summed E-state index contributed by atoms with van der Waals surface area (Å²) in [7, 11) is -1.88. The molecule has 1 saturated heterocycles. The van der Waals surface area contributed by atoms with Crippen LogP contribution in [0.25, 0.3) is 0 Å². The fraction of sp³-hybridized carbons (Fsp3) is 0.632. The number of hydrogen-bond donors (Lipinski definition) is 1. The molecule has 1 amide bonds. The van der Waals surface area contributed by atoms with Crippen LogP contribution < -0.4 is 0 Å². The topological polar surface area (TPSA) is 49.8 Å². The summed E-state index contributed by atoms with van der Waals surface area (Å²) in [5.41, 5.74) is 1.09. The molecule has 0 spiro atoms. The van der Waals surface area contributed by atoms with E-state index in [-0.39, 0.29) is 22.9 Å². The summed E-state index contributed by atoms with van der Waals surface area (Å²) in [6.07, 6.45) is -0.957. The summed E-state index contributed by atoms with van der Waals surface area (Å²) in [4.78, 5) is 14.3. The Morgan fingerprint density at radius 1 is 1.29 bits per heavy atom. The van der Waals surface area contributed by atoms with Gasteiger partial charge in [-0.25, -0.2) is 0 Å². The third kappa shape index (κ3) is 3.90. The van der Waals surface area contributed by atoms with Crippen molar-refractivity contribution in [1.29, 1.82) is 0 Å². The molecule has 0 aromatic heterocycles. The molecule has 0 aliphatic carbocycles. The lowest BCUT2D eigenvalue weighted by Crippen LogP contribution is -2.43. The first kappa shape index (κ1) is 19.2. The predicted octanol–water partition coefficient (Wildman–Crippen LogP) is 3.59. The predicted molar refractivity (Wildman–Crippen MR) is 99.2 cm³/mol. The summed E-state index contributed by atoms with van der Waals surface area (Å²) >= 11 is 0. The summed E-state index contributed by atoms with van der Waals surface area (Å²) < 4.78 is 6.23. The zero-order chi connectivity index (χ0) is 18.1. The molecule has 2 rings (SSSR count). The number of aliphatic hydroxyl groups excluding tert-OH is 1. The summed E-state index contributed by atoms with van der Waals surface area (Å²) in [6.45, 7) is 14.0. The number of carbonyl (C=O) groups excluding carboxylic acids is 1. The van der Waals surface area contributed by atoms with Gasteiger partial charge in [-0.05, 0) is 30.6 Å². The van der Waals surface area contributed by atoms with Crippen molar-refractivity contribution in [1.82, 2.24) is 4.90 Å². The molecule has 1 aliphatic rings. The van der Waals surface area contributed by atoms with Crippen LogP contribution in [0.1, 0.15) is 39.3 Å². The van der Waals surface area contributed by atoms with Crippen LogP contribution in [0.4, 0.5) is 0 Å². The second kappa shape index (κ2) is 6.98. The Balaban J connectivity index is 2.04. The van der Waals surface area contributed by atoms with Gasteiger partial charge in [-0.3, -0.25) is 4.79 Å². The molecule has 0 bridgehead atoms. The molecule has 1 aliphatic heterocycles. The number of hydrogen-bond acceptors (Lipinski definition) is 3. The minimum atomic E-state index is -1.88. The second-order valence-corrected chi connectivity index (χ2v) is 13.2. The first-order chi connectivity index (χ1) is 11.0. The van der Waals surface area contributed by atoms with Gasteiger partial charge in [-0.2, -0.15) is 0 Å². The van der Waals surface area contributed by atoms with E-state index < -0.39 is 14.4 Å². The van der Waals surface area contributed by atoms with Crippen molar-refractivity contribution in [2.45, 2.75) is 58.0 Å². The molecule has 1 aromatic carbocycles. The molecule has 24 heavy (non-hydrogen) atoms. The van der Waals surface area contributed by atoms with Gasteiger partial charge in [0, 0.05) is 19.1 Å². The van der Waals surface area contributed by atoms with Gasteiger partial charge in [0.1, 0.15) is 6.10 Å². The first-order valence-electron chi connectivity index (χ1n) is 8.72. The van der Waals surface area contributed by atoms with Gasteiger partial charge < -0.3 is 14.4 Å². The minimum absolute atomic E-state index is 0.0359. The van der Waals surface area contributed by atoms with Crippen LogP contribution in [0.15, 0.2) is 30.3 Å². The molecule has 134 valence electrons. The highest BCUT2D eigenvalue weighted by Gasteiger charge is 2.44. The van der Waals surface area contributed by atoms with Crippen molar-refractivity contribution in [3.8, 4) is 0 Å². The third-order valence-electron chi connectivity index (χ3n) is 5.63. The van der Waals surface area contributed by atoms with E-state index in [1.54, 1.807) is 4.90 Å². The van der Waals surface area contributed by atoms with Gasteiger partial charge in [0.05, 0.1) is 6.04 Å². The zero-order valence-corrected chi connectivity index (χ0v) is 16.7. The van der Waals surface area contributed by atoms with E-state index in [1.165, 1.54) is 0 Å². The lowest BCUT2D eigenvalue weighted by molar-refractivity contribution is -0.136. The standard InChI is InChI=1S/C19H31NO3Si/c1-14(15-10-8-7-9-11-15)20-12-16(17(21)18(20)22)13-23-24(5,6)19(2,3)4/h7-11,14,16-17,21H,12-13H2,1-6H3/t14-,16-,17-/m0/s1. The molecule has 1 heterocycles. The Bertz CT molecular complexity index is 568. The number of carbonyl (C=O) groups is 1. The third-order valence-corrected chi connectivity index (χ3v) is 10.1. The maximum atomic E-state index is 12.5. The van der Waals surface area contributed by atoms with E-state index in [9.17, 15) is 9.90 Å². The SMILES string of the molecule is C[C@@H](c1ccccc1)N1C[C@@H](CO[Si](C)(C)C(C)(C)C)[C@H](O)C1=O. The van der Waals surface area contributed by atoms with Gasteiger partial charge in [0.25, 0.3) is 5.91 Å². The molecule has 1 N–H and O–H groups in total. The van der Waals surface area contributed by atoms with E-state index in [1.807, 2.05) is 37.3 Å². The van der Waals surface area contributed by atoms with Gasteiger partial charge in [-0.15, -0.1) is 0 Å². The quantitative estimate of drug-likeness (QED) is 0.827. The zero-order valence-electron chi connectivity index (χ0n) is 15.7. The van der Waals surface area contributed by atoms with Gasteiger partial charge in [0.15, 0.2) is 8.32 Å². The molecule has 3 atom stereocenters. The number of rotatable bonds is 5. The van der Waals surface area contributed by atoms with Crippen LogP contribution in [-0.2, 0) is 9.22 Å². The molecule has 1 fully saturated rings. The Hall–Kier alpha value is -1.17. The lowest BCUT2D eigenvalue weighted by Gasteiger charge is -2.37. The highest BCUT2D eigenvalue weighted by Crippen LogP contribution is 2.37. The average molecular weight is 350 g/mol. The van der Waals surface area contributed by atoms with Gasteiger partial charge in [0.2, 0.25) is 0 Å². The maximum Gasteiger partial charge on any atom is 0.252 e. The van der Waals surface area contributed by atoms with Crippen molar-refractivity contribution in [2.75, 3.05) is 13.2 Å². The molecular formula is C19H31NO3Si. The molecular weight excluding hydrogens is 318 g/mol. The van der Waals surface area contributed by atoms with Crippen molar-refractivity contribution >= 4 is 14.2 Å². The van der Waals surface area contributed by atoms with Crippen LogP contribution in [0.2, 0.25) is 18.1 Å². The summed E-state index contributed by atoms with van der Waals surface area (Å²) in [5.74, 6) is -0.340. The van der Waals surface area contributed by atoms with Crippen molar-refractivity contribution in [2.24, 2.45) is 5.92 Å². The molecule has 0 unspecified atom stereocenters. The number of nitrogens with zero attached hydrogens (tertiary/aromatic N) is 1. The van der Waals surface area contributed by atoms with Gasteiger partial charge >= 0.3 is 0 Å². The number of likely N-dealkylation sites (tertiary alicyclic amines) is 1. The smallest absolute Gasteiger partial charge is 0.252 e. The Labute approximate surface area is 147 Å². The van der Waals surface area contributed by atoms with Crippen molar-refractivity contribution < 1.29 is 14.3 Å². The first-order valence-corrected chi connectivity index (χ1v) is 11.6. The van der Waals surface area contributed by atoms with E-state index in [0.29, 0.717) is 13.2 Å². The number of aliphatic hydroxyl groups is 1. The van der Waals surface area contributed by atoms with Crippen LogP contribution in [0.5, 0.6) is 0 Å². The molecule has 0 radical (unpaired) electrons. The maximum absolute atomic E-state index is 12.5.